The van der Waals surface area contributed by atoms with Crippen molar-refractivity contribution in [2.45, 2.75) is 96.4 Å². The van der Waals surface area contributed by atoms with E-state index in [4.69, 9.17) is 9.47 Å². The van der Waals surface area contributed by atoms with E-state index in [-0.39, 0.29) is 61.4 Å². The minimum absolute atomic E-state index is 0.0391. The molecule has 0 bridgehead atoms. The summed E-state index contributed by atoms with van der Waals surface area (Å²) < 4.78 is 38.6. The lowest BCUT2D eigenvalue weighted by molar-refractivity contribution is -0.122. The normalized spacial score (nSPS) is 23.8. The number of carbonyl (C=O) groups is 3. The van der Waals surface area contributed by atoms with Gasteiger partial charge in [-0.3, -0.25) is 19.3 Å². The van der Waals surface area contributed by atoms with Crippen molar-refractivity contribution in [2.75, 3.05) is 46.4 Å². The quantitative estimate of drug-likeness (QED) is 0.230. The molecule has 4 rings (SSSR count). The van der Waals surface area contributed by atoms with E-state index in [1.54, 1.807) is 7.05 Å². The fourth-order valence-corrected chi connectivity index (χ4v) is 6.54. The van der Waals surface area contributed by atoms with E-state index in [9.17, 15) is 23.2 Å². The molecule has 2 heterocycles. The lowest BCUT2D eigenvalue weighted by atomic mass is 9.77. The summed E-state index contributed by atoms with van der Waals surface area (Å²) in [7, 11) is 1.71. The number of likely N-dealkylation sites (N-methyl/N-ethyl adjacent to an activating group) is 1. The highest BCUT2D eigenvalue weighted by Crippen LogP contribution is 2.39. The van der Waals surface area contributed by atoms with E-state index in [0.717, 1.165) is 37.1 Å². The van der Waals surface area contributed by atoms with Crippen LogP contribution in [0.4, 0.5) is 8.78 Å². The molecule has 1 aromatic rings. The van der Waals surface area contributed by atoms with Crippen molar-refractivity contribution in [2.24, 2.45) is 11.8 Å². The van der Waals surface area contributed by atoms with Crippen molar-refractivity contribution in [3.05, 3.63) is 29.8 Å². The van der Waals surface area contributed by atoms with Crippen molar-refractivity contribution in [1.82, 2.24) is 26.2 Å². The molecule has 10 nitrogen and oxygen atoms in total. The van der Waals surface area contributed by atoms with Crippen LogP contribution in [0.25, 0.3) is 0 Å². The van der Waals surface area contributed by atoms with Crippen LogP contribution in [0, 0.1) is 11.8 Å². The average molecular weight is 640 g/mol. The molecule has 4 N–H and O–H groups in total. The number of carbonyl (C=O) groups excluding carboxylic acids is 3. The first-order chi connectivity index (χ1) is 21.7. The molecule has 0 aromatic heterocycles. The van der Waals surface area contributed by atoms with Crippen LogP contribution in [-0.4, -0.2) is 94.2 Å². The number of ether oxygens (including phenoxy) is 2. The van der Waals surface area contributed by atoms with E-state index in [1.165, 1.54) is 0 Å². The molecule has 256 valence electrons. The Bertz CT molecular complexity index is 1010. The number of nitrogens with zero attached hydrogens (tertiary/aromatic N) is 1. The summed E-state index contributed by atoms with van der Waals surface area (Å²) in [6.45, 7) is 11.6. The molecule has 3 amide bonds. The van der Waals surface area contributed by atoms with Gasteiger partial charge in [0.25, 0.3) is 0 Å². The van der Waals surface area contributed by atoms with Crippen molar-refractivity contribution >= 4 is 18.7 Å². The Labute approximate surface area is 267 Å². The molecule has 1 saturated heterocycles. The average Bonchev–Trinajstić information content (AvgIpc) is 3.41. The molecule has 1 aromatic carbocycles. The van der Waals surface area contributed by atoms with Crippen LogP contribution in [0.2, 0.25) is 0 Å². The molecule has 2 fully saturated rings. The first-order valence-corrected chi connectivity index (χ1v) is 16.5. The van der Waals surface area contributed by atoms with Gasteiger partial charge in [0.15, 0.2) is 0 Å². The molecule has 2 aliphatic heterocycles. The molecule has 45 heavy (non-hydrogen) atoms. The number of hydrogen-bond acceptors (Lipinski definition) is 7. The highest BCUT2D eigenvalue weighted by Gasteiger charge is 2.41. The minimum Gasteiger partial charge on any atom is -0.493 e. The zero-order valence-corrected chi connectivity index (χ0v) is 27.7. The largest absolute Gasteiger partial charge is 0.493 e. The van der Waals surface area contributed by atoms with Crippen LogP contribution >= 0.6 is 0 Å². The smallest absolute Gasteiger partial charge is 0.248 e. The van der Waals surface area contributed by atoms with Crippen molar-refractivity contribution in [3.8, 4) is 5.75 Å². The Morgan fingerprint density at radius 1 is 1.16 bits per heavy atom. The van der Waals surface area contributed by atoms with Crippen molar-refractivity contribution in [3.63, 3.8) is 0 Å². The summed E-state index contributed by atoms with van der Waals surface area (Å²) in [4.78, 5) is 35.7. The third-order valence-corrected chi connectivity index (χ3v) is 8.63. The lowest BCUT2D eigenvalue weighted by Gasteiger charge is -2.39. The maximum absolute atomic E-state index is 13.7. The second-order valence-electron chi connectivity index (χ2n) is 11.8. The second kappa shape index (κ2) is 20.3. The van der Waals surface area contributed by atoms with E-state index in [1.807, 2.05) is 45.0 Å². The Morgan fingerprint density at radius 3 is 2.51 bits per heavy atom. The van der Waals surface area contributed by atoms with Gasteiger partial charge in [0, 0.05) is 63.2 Å². The standard InChI is InChI=1S/C21H38F2N4O3.C10H11NO2.C2H6/c1-4-30-18-9-17(10-25-14-28)27(13-18)12-15(2)20(26-19(29)11-24-3)16-5-7-21(22,23)8-6-16;12-7-11-9-5-6-13-10-4-2-1-3-8(9)10;1-2/h14-18,20,24H,4-13H2,1-3H3,(H,25,28)(H,26,29);1-4,7,9H,5-6H2,(H,11,12);1-2H3. The van der Waals surface area contributed by atoms with Gasteiger partial charge >= 0.3 is 0 Å². The van der Waals surface area contributed by atoms with Gasteiger partial charge in [-0.25, -0.2) is 8.78 Å². The van der Waals surface area contributed by atoms with Crippen LogP contribution in [0.1, 0.15) is 77.8 Å². The number of para-hydroxylation sites is 1. The van der Waals surface area contributed by atoms with Crippen LogP contribution in [0.3, 0.4) is 0 Å². The number of alkyl halides is 2. The Morgan fingerprint density at radius 2 is 1.87 bits per heavy atom. The van der Waals surface area contributed by atoms with E-state index in [0.29, 0.717) is 45.6 Å². The molecule has 0 spiro atoms. The summed E-state index contributed by atoms with van der Waals surface area (Å²) in [5, 5.41) is 11.5. The third-order valence-electron chi connectivity index (χ3n) is 8.63. The van der Waals surface area contributed by atoms with Gasteiger partial charge in [-0.2, -0.15) is 0 Å². The van der Waals surface area contributed by atoms with Crippen LogP contribution in [0.5, 0.6) is 5.75 Å². The molecule has 1 saturated carbocycles. The molecule has 3 aliphatic rings. The molecular weight excluding hydrogens is 584 g/mol. The fraction of sp³-hybridized carbons (Fsp3) is 0.727. The van der Waals surface area contributed by atoms with Gasteiger partial charge in [0.1, 0.15) is 5.75 Å². The van der Waals surface area contributed by atoms with E-state index < -0.39 is 5.92 Å². The van der Waals surface area contributed by atoms with Crippen molar-refractivity contribution in [1.29, 1.82) is 0 Å². The number of rotatable bonds is 14. The van der Waals surface area contributed by atoms with E-state index in [2.05, 4.69) is 33.1 Å². The number of likely N-dealkylation sites (tertiary alicyclic amines) is 1. The first kappa shape index (κ1) is 38.4. The number of halogens is 2. The number of amides is 3. The Balaban J connectivity index is 0.000000388. The molecular formula is C33H55F2N5O5. The Hall–Kier alpha value is -2.83. The maximum atomic E-state index is 13.7. The third kappa shape index (κ3) is 12.5. The predicted molar refractivity (Wildman–Crippen MR) is 171 cm³/mol. The predicted octanol–water partition coefficient (Wildman–Crippen LogP) is 3.66. The SMILES string of the molecule is CC.CCOC1CC(CNC=O)N(CC(C)C(NC(=O)CNC)C2CCC(F)(F)CC2)C1.O=CNC1CCOc2ccccc21. The highest BCUT2D eigenvalue weighted by molar-refractivity contribution is 5.78. The van der Waals surface area contributed by atoms with Gasteiger partial charge < -0.3 is 30.7 Å². The number of fused-ring (bicyclic) bond motifs is 1. The summed E-state index contributed by atoms with van der Waals surface area (Å²) in [6, 6.07) is 7.91. The number of hydrogen-bond donors (Lipinski definition) is 4. The summed E-state index contributed by atoms with van der Waals surface area (Å²) in [5.74, 6) is -1.70. The second-order valence-corrected chi connectivity index (χ2v) is 11.8. The molecule has 5 unspecified atom stereocenters. The lowest BCUT2D eigenvalue weighted by Crippen LogP contribution is -2.52. The minimum atomic E-state index is -2.59. The highest BCUT2D eigenvalue weighted by atomic mass is 19.3. The zero-order chi connectivity index (χ0) is 33.2. The first-order valence-electron chi connectivity index (χ1n) is 16.5. The summed E-state index contributed by atoms with van der Waals surface area (Å²) in [5.41, 5.74) is 1.07. The van der Waals surface area contributed by atoms with Gasteiger partial charge in [0.05, 0.1) is 25.3 Å². The van der Waals surface area contributed by atoms with Crippen LogP contribution < -0.4 is 26.0 Å². The fourth-order valence-electron chi connectivity index (χ4n) is 6.54. The number of benzene rings is 1. The molecule has 0 radical (unpaired) electrons. The summed E-state index contributed by atoms with van der Waals surface area (Å²) in [6.07, 6.45) is 3.84. The van der Waals surface area contributed by atoms with Crippen molar-refractivity contribution < 1.29 is 32.6 Å². The van der Waals surface area contributed by atoms with Gasteiger partial charge in [-0.05, 0) is 51.1 Å². The maximum Gasteiger partial charge on any atom is 0.248 e. The molecule has 1 aliphatic carbocycles. The van der Waals surface area contributed by atoms with Gasteiger partial charge in [-0.1, -0.05) is 39.0 Å². The monoisotopic (exact) mass is 639 g/mol. The van der Waals surface area contributed by atoms with Crippen LogP contribution in [-0.2, 0) is 19.1 Å². The van der Waals surface area contributed by atoms with Gasteiger partial charge in [0.2, 0.25) is 24.6 Å². The summed E-state index contributed by atoms with van der Waals surface area (Å²) >= 11 is 0. The number of nitrogens with one attached hydrogen (secondary N) is 4. The van der Waals surface area contributed by atoms with Gasteiger partial charge in [-0.15, -0.1) is 0 Å². The Kier molecular flexibility index (Phi) is 17.3. The van der Waals surface area contributed by atoms with Crippen LogP contribution in [0.15, 0.2) is 24.3 Å². The topological polar surface area (TPSA) is 121 Å². The molecule has 12 heteroatoms. The zero-order valence-electron chi connectivity index (χ0n) is 27.7. The van der Waals surface area contributed by atoms with E-state index >= 15 is 0 Å². The molecule has 5 atom stereocenters.